The molecule has 0 amide bonds. The number of anilines is 1. The van der Waals surface area contributed by atoms with Gasteiger partial charge in [-0.3, -0.25) is 15.1 Å². The zero-order valence-electron chi connectivity index (χ0n) is 10.3. The van der Waals surface area contributed by atoms with Gasteiger partial charge in [0.05, 0.1) is 4.92 Å². The summed E-state index contributed by atoms with van der Waals surface area (Å²) in [4.78, 5) is 13.9. The van der Waals surface area contributed by atoms with Crippen LogP contribution in [0.5, 0.6) is 0 Å². The molecule has 0 radical (unpaired) electrons. The third kappa shape index (κ3) is 3.47. The number of aromatic nitrogens is 1. The van der Waals surface area contributed by atoms with E-state index in [2.05, 4.69) is 10.3 Å². The summed E-state index contributed by atoms with van der Waals surface area (Å²) in [7, 11) is 0. The fraction of sp³-hybridized carbons (Fsp3) is 0.154. The zero-order valence-corrected chi connectivity index (χ0v) is 10.3. The molecule has 0 aliphatic heterocycles. The highest BCUT2D eigenvalue weighted by molar-refractivity contribution is 5.59. The van der Waals surface area contributed by atoms with Crippen molar-refractivity contribution in [2.45, 2.75) is 6.42 Å². The summed E-state index contributed by atoms with van der Waals surface area (Å²) in [6.07, 6.45) is 2.91. The lowest BCUT2D eigenvalue weighted by molar-refractivity contribution is -0.384. The Balaban J connectivity index is 2.01. The number of nitrogens with zero attached hydrogens (tertiary/aromatic N) is 2. The second-order valence-electron chi connectivity index (χ2n) is 4.10. The molecule has 1 aromatic carbocycles. The van der Waals surface area contributed by atoms with Gasteiger partial charge in [-0.05, 0) is 30.2 Å². The Hall–Kier alpha value is -2.57. The van der Waals surface area contributed by atoms with E-state index in [0.717, 1.165) is 12.3 Å². The van der Waals surface area contributed by atoms with Crippen LogP contribution < -0.4 is 5.32 Å². The molecule has 1 heterocycles. The minimum absolute atomic E-state index is 0.141. The van der Waals surface area contributed by atoms with Crippen molar-refractivity contribution in [3.8, 4) is 0 Å². The molecule has 0 bridgehead atoms. The Morgan fingerprint density at radius 1 is 1.25 bits per heavy atom. The molecule has 2 aromatic rings. The van der Waals surface area contributed by atoms with Gasteiger partial charge >= 0.3 is 5.69 Å². The molecule has 0 aliphatic rings. The molecule has 20 heavy (non-hydrogen) atoms. The van der Waals surface area contributed by atoms with Gasteiger partial charge in [0.15, 0.2) is 0 Å². The molecule has 0 atom stereocenters. The fourth-order valence-corrected chi connectivity index (χ4v) is 1.78. The predicted octanol–water partition coefficient (Wildman–Crippen LogP) is 2.92. The Bertz CT molecular complexity index is 615. The minimum Gasteiger partial charge on any atom is -0.379 e. The van der Waals surface area contributed by atoms with E-state index >= 15 is 0 Å². The first-order valence-corrected chi connectivity index (χ1v) is 5.83. The first-order chi connectivity index (χ1) is 9.56. The smallest absolute Gasteiger partial charge is 0.310 e. The summed E-state index contributed by atoms with van der Waals surface area (Å²) in [5.74, 6) is -1.29. The quantitative estimate of drug-likeness (QED) is 0.675. The summed E-state index contributed by atoms with van der Waals surface area (Å²) in [6.45, 7) is 0.313. The predicted molar refractivity (Wildman–Crippen MR) is 69.4 cm³/mol. The summed E-state index contributed by atoms with van der Waals surface area (Å²) in [5.41, 5.74) is 0.659. The number of halogens is 2. The van der Waals surface area contributed by atoms with E-state index in [9.17, 15) is 18.9 Å². The van der Waals surface area contributed by atoms with E-state index in [1.54, 1.807) is 0 Å². The van der Waals surface area contributed by atoms with E-state index in [1.165, 1.54) is 24.4 Å². The molecule has 5 nitrogen and oxygen atoms in total. The Morgan fingerprint density at radius 3 is 2.60 bits per heavy atom. The van der Waals surface area contributed by atoms with Crippen LogP contribution in [0, 0.1) is 21.7 Å². The molecule has 1 aromatic heterocycles. The second kappa shape index (κ2) is 6.05. The zero-order chi connectivity index (χ0) is 14.5. The number of nitro groups is 1. The number of pyridine rings is 1. The maximum Gasteiger partial charge on any atom is 0.310 e. The van der Waals surface area contributed by atoms with Crippen LogP contribution in [0.3, 0.4) is 0 Å². The molecule has 104 valence electrons. The first-order valence-electron chi connectivity index (χ1n) is 5.83. The number of benzene rings is 1. The van der Waals surface area contributed by atoms with Gasteiger partial charge in [-0.25, -0.2) is 8.78 Å². The van der Waals surface area contributed by atoms with Crippen molar-refractivity contribution < 1.29 is 13.7 Å². The van der Waals surface area contributed by atoms with Crippen molar-refractivity contribution in [2.75, 3.05) is 11.9 Å². The van der Waals surface area contributed by atoms with Gasteiger partial charge in [0.1, 0.15) is 23.5 Å². The van der Waals surface area contributed by atoms with E-state index < -0.39 is 16.6 Å². The molecule has 2 rings (SSSR count). The highest BCUT2D eigenvalue weighted by Crippen LogP contribution is 2.21. The van der Waals surface area contributed by atoms with Gasteiger partial charge in [-0.15, -0.1) is 0 Å². The fourth-order valence-electron chi connectivity index (χ4n) is 1.78. The minimum atomic E-state index is -0.644. The van der Waals surface area contributed by atoms with Crippen molar-refractivity contribution in [2.24, 2.45) is 0 Å². The van der Waals surface area contributed by atoms with Crippen LogP contribution in [0.2, 0.25) is 0 Å². The molecule has 0 aliphatic carbocycles. The Labute approximate surface area is 113 Å². The average Bonchev–Trinajstić information content (AvgIpc) is 2.38. The van der Waals surface area contributed by atoms with Gasteiger partial charge in [-0.2, -0.15) is 0 Å². The Morgan fingerprint density at radius 2 is 1.95 bits per heavy atom. The third-order valence-electron chi connectivity index (χ3n) is 2.65. The lowest BCUT2D eigenvalue weighted by Crippen LogP contribution is -2.07. The molecule has 7 heteroatoms. The lowest BCUT2D eigenvalue weighted by Gasteiger charge is -2.07. The largest absolute Gasteiger partial charge is 0.379 e. The topological polar surface area (TPSA) is 68.1 Å². The SMILES string of the molecule is O=[N+]([O-])c1cnccc1NCCc1cc(F)cc(F)c1. The molecule has 0 spiro atoms. The van der Waals surface area contributed by atoms with Crippen LogP contribution >= 0.6 is 0 Å². The maximum absolute atomic E-state index is 13.0. The molecular formula is C13H11F2N3O2. The van der Waals surface area contributed by atoms with Gasteiger partial charge in [-0.1, -0.05) is 0 Å². The maximum atomic E-state index is 13.0. The number of rotatable bonds is 5. The number of hydrogen-bond donors (Lipinski definition) is 1. The molecule has 0 saturated heterocycles. The van der Waals surface area contributed by atoms with Gasteiger partial charge < -0.3 is 5.32 Å². The van der Waals surface area contributed by atoms with E-state index in [0.29, 0.717) is 24.2 Å². The second-order valence-corrected chi connectivity index (χ2v) is 4.10. The average molecular weight is 279 g/mol. The molecular weight excluding hydrogens is 268 g/mol. The van der Waals surface area contributed by atoms with Crippen molar-refractivity contribution in [1.29, 1.82) is 0 Å². The van der Waals surface area contributed by atoms with Gasteiger partial charge in [0, 0.05) is 18.8 Å². The van der Waals surface area contributed by atoms with Crippen molar-refractivity contribution in [3.05, 3.63) is 64.0 Å². The lowest BCUT2D eigenvalue weighted by atomic mass is 10.1. The number of nitrogens with one attached hydrogen (secondary N) is 1. The van der Waals surface area contributed by atoms with Crippen LogP contribution in [0.1, 0.15) is 5.56 Å². The summed E-state index contributed by atoms with van der Waals surface area (Å²) in [6, 6.07) is 4.73. The van der Waals surface area contributed by atoms with Crippen LogP contribution in [-0.4, -0.2) is 16.5 Å². The van der Waals surface area contributed by atoms with E-state index in [4.69, 9.17) is 0 Å². The highest BCUT2D eigenvalue weighted by atomic mass is 19.1. The molecule has 0 unspecified atom stereocenters. The molecule has 0 fully saturated rings. The van der Waals surface area contributed by atoms with Crippen LogP contribution in [0.4, 0.5) is 20.2 Å². The van der Waals surface area contributed by atoms with Crippen LogP contribution in [0.15, 0.2) is 36.7 Å². The van der Waals surface area contributed by atoms with Crippen LogP contribution in [-0.2, 0) is 6.42 Å². The van der Waals surface area contributed by atoms with E-state index in [1.807, 2.05) is 0 Å². The first kappa shape index (κ1) is 13.9. The molecule has 0 saturated carbocycles. The van der Waals surface area contributed by atoms with Crippen molar-refractivity contribution in [1.82, 2.24) is 4.98 Å². The van der Waals surface area contributed by atoms with Gasteiger partial charge in [0.2, 0.25) is 0 Å². The van der Waals surface area contributed by atoms with E-state index in [-0.39, 0.29) is 5.69 Å². The molecule has 1 N–H and O–H groups in total. The summed E-state index contributed by atoms with van der Waals surface area (Å²) >= 11 is 0. The van der Waals surface area contributed by atoms with Gasteiger partial charge in [0.25, 0.3) is 0 Å². The highest BCUT2D eigenvalue weighted by Gasteiger charge is 2.12. The standard InChI is InChI=1S/C13H11F2N3O2/c14-10-5-9(6-11(15)7-10)1-4-17-12-2-3-16-8-13(12)18(19)20/h2-3,5-8H,1,4H2,(H,16,17). The van der Waals surface area contributed by atoms with Crippen molar-refractivity contribution in [3.63, 3.8) is 0 Å². The number of hydrogen-bond acceptors (Lipinski definition) is 4. The van der Waals surface area contributed by atoms with Crippen LogP contribution in [0.25, 0.3) is 0 Å². The summed E-state index contributed by atoms with van der Waals surface area (Å²) in [5, 5.41) is 13.6. The summed E-state index contributed by atoms with van der Waals surface area (Å²) < 4.78 is 26.0. The Kier molecular flexibility index (Phi) is 4.19. The monoisotopic (exact) mass is 279 g/mol. The normalized spacial score (nSPS) is 10.3. The third-order valence-corrected chi connectivity index (χ3v) is 2.65. The van der Waals surface area contributed by atoms with Crippen molar-refractivity contribution >= 4 is 11.4 Å².